The highest BCUT2D eigenvalue weighted by Crippen LogP contribution is 2.42. The molecule has 0 spiro atoms. The van der Waals surface area contributed by atoms with E-state index in [2.05, 4.69) is 0 Å². The van der Waals surface area contributed by atoms with Gasteiger partial charge in [-0.25, -0.2) is 0 Å². The van der Waals surface area contributed by atoms with Crippen molar-refractivity contribution in [3.63, 3.8) is 0 Å². The van der Waals surface area contributed by atoms with E-state index < -0.39 is 30.0 Å². The lowest BCUT2D eigenvalue weighted by molar-refractivity contribution is 0.481. The molecular formula is C16H16Cl2O6S2. The maximum Gasteiger partial charge on any atom is 0.296 e. The molecule has 26 heavy (non-hydrogen) atoms. The number of hydrogen-bond acceptors (Lipinski definition) is 4. The maximum atomic E-state index is 11.5. The van der Waals surface area contributed by atoms with E-state index in [0.717, 1.165) is 0 Å². The van der Waals surface area contributed by atoms with Gasteiger partial charge in [-0.2, -0.15) is 16.8 Å². The van der Waals surface area contributed by atoms with Crippen molar-refractivity contribution in [2.75, 3.05) is 0 Å². The largest absolute Gasteiger partial charge is 0.296 e. The molecule has 0 aliphatic rings. The summed E-state index contributed by atoms with van der Waals surface area (Å²) in [5.41, 5.74) is 2.92. The summed E-state index contributed by atoms with van der Waals surface area (Å²) in [6.45, 7) is 6.44. The molecule has 0 amide bonds. The third-order valence-electron chi connectivity index (χ3n) is 4.13. The Kier molecular flexibility index (Phi) is 5.51. The Hall–Kier alpha value is -1.16. The molecular weight excluding hydrogens is 423 g/mol. The Morgan fingerprint density at radius 3 is 1.19 bits per heavy atom. The number of benzene rings is 2. The molecule has 0 bridgehead atoms. The third kappa shape index (κ3) is 3.62. The Labute approximate surface area is 162 Å². The van der Waals surface area contributed by atoms with Crippen LogP contribution in [0.25, 0.3) is 11.1 Å². The van der Waals surface area contributed by atoms with Crippen LogP contribution < -0.4 is 0 Å². The average Bonchev–Trinajstić information content (AvgIpc) is 2.47. The second-order valence-electron chi connectivity index (χ2n) is 5.96. The highest BCUT2D eigenvalue weighted by molar-refractivity contribution is 7.86. The fourth-order valence-electron chi connectivity index (χ4n) is 2.99. The van der Waals surface area contributed by atoms with Crippen molar-refractivity contribution in [3.05, 3.63) is 44.4 Å². The summed E-state index contributed by atoms with van der Waals surface area (Å²) in [5, 5.41) is -0.274. The van der Waals surface area contributed by atoms with Crippen LogP contribution in [0, 0.1) is 27.7 Å². The van der Waals surface area contributed by atoms with Crippen LogP contribution in [0.15, 0.2) is 21.9 Å². The molecule has 2 N–H and O–H groups in total. The van der Waals surface area contributed by atoms with Crippen molar-refractivity contribution >= 4 is 43.4 Å². The highest BCUT2D eigenvalue weighted by atomic mass is 35.5. The van der Waals surface area contributed by atoms with Crippen LogP contribution in [-0.2, 0) is 20.2 Å². The molecule has 0 saturated heterocycles. The molecule has 0 unspecified atom stereocenters. The Bertz CT molecular complexity index is 1040. The van der Waals surface area contributed by atoms with Gasteiger partial charge in [0.25, 0.3) is 20.2 Å². The van der Waals surface area contributed by atoms with Crippen LogP contribution in [0.1, 0.15) is 22.3 Å². The molecule has 0 fully saturated rings. The molecule has 2 aromatic rings. The summed E-state index contributed by atoms with van der Waals surface area (Å²) in [7, 11) is -9.00. The Morgan fingerprint density at radius 2 is 0.962 bits per heavy atom. The molecule has 142 valence electrons. The first kappa shape index (κ1) is 21.1. The second kappa shape index (κ2) is 6.78. The number of hydrogen-bond donors (Lipinski definition) is 2. The van der Waals surface area contributed by atoms with E-state index in [0.29, 0.717) is 33.4 Å². The van der Waals surface area contributed by atoms with E-state index in [1.807, 2.05) is 0 Å². The van der Waals surface area contributed by atoms with Gasteiger partial charge in [0.2, 0.25) is 0 Å². The Morgan fingerprint density at radius 1 is 0.692 bits per heavy atom. The van der Waals surface area contributed by atoms with E-state index in [4.69, 9.17) is 23.2 Å². The average molecular weight is 439 g/mol. The summed E-state index contributed by atoms with van der Waals surface area (Å²) < 4.78 is 64.7. The van der Waals surface area contributed by atoms with Crippen molar-refractivity contribution in [1.82, 2.24) is 0 Å². The zero-order chi connectivity index (χ0) is 20.2. The first-order valence-electron chi connectivity index (χ1n) is 7.22. The topological polar surface area (TPSA) is 109 Å². The quantitative estimate of drug-likeness (QED) is 0.687. The van der Waals surface area contributed by atoms with Gasteiger partial charge in [0.1, 0.15) is 9.79 Å². The molecule has 0 aliphatic heterocycles. The Balaban J connectivity index is 2.96. The van der Waals surface area contributed by atoms with Crippen LogP contribution in [0.5, 0.6) is 0 Å². The predicted octanol–water partition coefficient (Wildman–Crippen LogP) is 4.39. The maximum absolute atomic E-state index is 11.5. The molecule has 0 atom stereocenters. The second-order valence-corrected chi connectivity index (χ2v) is 9.50. The van der Waals surface area contributed by atoms with Crippen LogP contribution in [0.3, 0.4) is 0 Å². The monoisotopic (exact) mass is 438 g/mol. The van der Waals surface area contributed by atoms with Crippen LogP contribution in [-0.4, -0.2) is 25.9 Å². The van der Waals surface area contributed by atoms with E-state index in [-0.39, 0.29) is 10.0 Å². The fraction of sp³-hybridized carbons (Fsp3) is 0.250. The van der Waals surface area contributed by atoms with Gasteiger partial charge >= 0.3 is 0 Å². The van der Waals surface area contributed by atoms with Crippen LogP contribution in [0.4, 0.5) is 0 Å². The predicted molar refractivity (Wildman–Crippen MR) is 100 cm³/mol. The number of rotatable bonds is 3. The molecule has 6 nitrogen and oxygen atoms in total. The minimum Gasteiger partial charge on any atom is -0.282 e. The highest BCUT2D eigenvalue weighted by Gasteiger charge is 2.25. The van der Waals surface area contributed by atoms with Gasteiger partial charge in [0.05, 0.1) is 10.0 Å². The summed E-state index contributed by atoms with van der Waals surface area (Å²) >= 11 is 12.3. The van der Waals surface area contributed by atoms with Gasteiger partial charge in [-0.05, 0) is 73.2 Å². The van der Waals surface area contributed by atoms with E-state index in [9.17, 15) is 25.9 Å². The smallest absolute Gasteiger partial charge is 0.282 e. The van der Waals surface area contributed by atoms with E-state index in [1.165, 1.54) is 12.1 Å². The summed E-state index contributed by atoms with van der Waals surface area (Å²) in [5.74, 6) is 0. The number of halogens is 2. The minimum atomic E-state index is -4.50. The third-order valence-corrected chi connectivity index (χ3v) is 7.08. The van der Waals surface area contributed by atoms with Gasteiger partial charge in [-0.15, -0.1) is 0 Å². The van der Waals surface area contributed by atoms with Gasteiger partial charge in [-0.1, -0.05) is 23.2 Å². The van der Waals surface area contributed by atoms with Gasteiger partial charge in [0, 0.05) is 0 Å². The van der Waals surface area contributed by atoms with Gasteiger partial charge in [0.15, 0.2) is 0 Å². The lowest BCUT2D eigenvalue weighted by Crippen LogP contribution is -2.06. The van der Waals surface area contributed by atoms with Crippen molar-refractivity contribution in [2.45, 2.75) is 37.5 Å². The van der Waals surface area contributed by atoms with Gasteiger partial charge in [-0.3, -0.25) is 9.11 Å². The molecule has 0 radical (unpaired) electrons. The molecule has 2 rings (SSSR count). The molecule has 0 heterocycles. The summed E-state index contributed by atoms with van der Waals surface area (Å²) in [6.07, 6.45) is 0. The van der Waals surface area contributed by atoms with Crippen molar-refractivity contribution < 1.29 is 25.9 Å². The van der Waals surface area contributed by atoms with Crippen LogP contribution in [0.2, 0.25) is 10.0 Å². The van der Waals surface area contributed by atoms with Crippen LogP contribution >= 0.6 is 23.2 Å². The minimum absolute atomic E-state index is 0.137. The zero-order valence-corrected chi connectivity index (χ0v) is 17.4. The first-order chi connectivity index (χ1) is 11.7. The zero-order valence-electron chi connectivity index (χ0n) is 14.3. The number of aryl methyl sites for hydroxylation is 2. The molecule has 0 saturated carbocycles. The fourth-order valence-corrected chi connectivity index (χ4v) is 5.28. The first-order valence-corrected chi connectivity index (χ1v) is 10.9. The molecule has 2 aromatic carbocycles. The molecule has 10 heteroatoms. The van der Waals surface area contributed by atoms with E-state index >= 15 is 0 Å². The lowest BCUT2D eigenvalue weighted by Gasteiger charge is -2.20. The molecule has 0 aromatic heterocycles. The SMILES string of the molecule is Cc1cc(S(=O)(=O)O)c(Cl)c(C)c1-c1c(C)cc(S(=O)(=O)O)c(Cl)c1C. The summed E-state index contributed by atoms with van der Waals surface area (Å²) in [6, 6.07) is 2.48. The lowest BCUT2D eigenvalue weighted by atomic mass is 9.89. The normalized spacial score (nSPS) is 12.5. The van der Waals surface area contributed by atoms with Crippen molar-refractivity contribution in [3.8, 4) is 11.1 Å². The standard InChI is InChI=1S/C16H16Cl2O6S2/c1-7-5-11(25(19,20)21)15(17)9(3)13(7)14-8(2)6-12(26(22,23)24)16(18)10(14)4/h5-6H,1-4H3,(H,19,20,21)(H,22,23,24). The summed E-state index contributed by atoms with van der Waals surface area (Å²) in [4.78, 5) is -0.817. The van der Waals surface area contributed by atoms with Crippen molar-refractivity contribution in [1.29, 1.82) is 0 Å². The van der Waals surface area contributed by atoms with Gasteiger partial charge < -0.3 is 0 Å². The van der Waals surface area contributed by atoms with E-state index in [1.54, 1.807) is 27.7 Å². The molecule has 0 aliphatic carbocycles. The van der Waals surface area contributed by atoms with Crippen molar-refractivity contribution in [2.24, 2.45) is 0 Å².